The molecule has 0 amide bonds. The van der Waals surface area contributed by atoms with Crippen molar-refractivity contribution < 1.29 is 21.6 Å². The van der Waals surface area contributed by atoms with Crippen molar-refractivity contribution in [2.45, 2.75) is 4.90 Å². The molecule has 0 heterocycles. The number of nitrogen functional groups attached to an aromatic ring is 1. The normalized spacial score (nSPS) is 11.3. The summed E-state index contributed by atoms with van der Waals surface area (Å²) in [6.07, 6.45) is 0. The van der Waals surface area contributed by atoms with E-state index in [0.717, 1.165) is 36.4 Å². The van der Waals surface area contributed by atoms with Gasteiger partial charge in [0, 0.05) is 0 Å². The highest BCUT2D eigenvalue weighted by Gasteiger charge is 2.18. The van der Waals surface area contributed by atoms with Crippen molar-refractivity contribution in [3.05, 3.63) is 53.8 Å². The molecule has 2 rings (SSSR count). The number of rotatable bonds is 3. The number of nitrogens with one attached hydrogen (secondary N) is 1. The second kappa shape index (κ2) is 5.04. The molecular weight excluding hydrogens is 293 g/mol. The Labute approximate surface area is 113 Å². The number of hydrogen-bond acceptors (Lipinski definition) is 3. The van der Waals surface area contributed by atoms with Crippen LogP contribution < -0.4 is 10.5 Å². The Kier molecular flexibility index (Phi) is 3.58. The third-order valence-electron chi connectivity index (χ3n) is 2.47. The van der Waals surface area contributed by atoms with E-state index < -0.39 is 33.2 Å². The molecule has 0 aliphatic carbocycles. The predicted molar refractivity (Wildman–Crippen MR) is 68.0 cm³/mol. The van der Waals surface area contributed by atoms with Crippen molar-refractivity contribution in [2.24, 2.45) is 0 Å². The number of hydrogen-bond donors (Lipinski definition) is 2. The van der Waals surface area contributed by atoms with Crippen LogP contribution in [0.1, 0.15) is 0 Å². The van der Waals surface area contributed by atoms with E-state index in [0.29, 0.717) is 0 Å². The van der Waals surface area contributed by atoms with Gasteiger partial charge in [0.1, 0.15) is 5.82 Å². The number of anilines is 2. The van der Waals surface area contributed by atoms with Crippen LogP contribution in [0, 0.1) is 17.5 Å². The zero-order valence-corrected chi connectivity index (χ0v) is 10.7. The van der Waals surface area contributed by atoms with Gasteiger partial charge in [-0.25, -0.2) is 21.6 Å². The Balaban J connectivity index is 2.41. The van der Waals surface area contributed by atoms with Crippen molar-refractivity contribution >= 4 is 21.4 Å². The van der Waals surface area contributed by atoms with Crippen LogP contribution in [0.2, 0.25) is 0 Å². The van der Waals surface area contributed by atoms with Gasteiger partial charge in [-0.2, -0.15) is 0 Å². The summed E-state index contributed by atoms with van der Waals surface area (Å²) in [7, 11) is -4.20. The van der Waals surface area contributed by atoms with Crippen molar-refractivity contribution in [3.8, 4) is 0 Å². The number of nitrogens with two attached hydrogens (primary N) is 1. The first-order valence-electron chi connectivity index (χ1n) is 5.33. The second-order valence-corrected chi connectivity index (χ2v) is 5.57. The Morgan fingerprint density at radius 3 is 2.35 bits per heavy atom. The Morgan fingerprint density at radius 1 is 1.00 bits per heavy atom. The summed E-state index contributed by atoms with van der Waals surface area (Å²) in [4.78, 5) is -0.361. The molecule has 0 bridgehead atoms. The van der Waals surface area contributed by atoms with E-state index in [-0.39, 0.29) is 10.6 Å². The maximum absolute atomic E-state index is 13.4. The van der Waals surface area contributed by atoms with E-state index in [2.05, 4.69) is 0 Å². The molecule has 0 aliphatic rings. The molecular formula is C12H9F3N2O2S. The Morgan fingerprint density at radius 2 is 1.70 bits per heavy atom. The van der Waals surface area contributed by atoms with Gasteiger partial charge >= 0.3 is 0 Å². The molecule has 8 heteroatoms. The highest BCUT2D eigenvalue weighted by molar-refractivity contribution is 7.92. The standard InChI is InChI=1S/C12H9F3N2O2S/c13-8-5-4-7(6-10(8)16)20(18,19)17-11-3-1-2-9(14)12(11)15/h1-6,17H,16H2. The molecule has 2 aromatic rings. The van der Waals surface area contributed by atoms with Crippen molar-refractivity contribution in [1.29, 1.82) is 0 Å². The lowest BCUT2D eigenvalue weighted by molar-refractivity contribution is 0.511. The van der Waals surface area contributed by atoms with Crippen LogP contribution in [0.25, 0.3) is 0 Å². The highest BCUT2D eigenvalue weighted by Crippen LogP contribution is 2.22. The first kappa shape index (κ1) is 14.2. The largest absolute Gasteiger partial charge is 0.396 e. The fraction of sp³-hybridized carbons (Fsp3) is 0. The van der Waals surface area contributed by atoms with Gasteiger partial charge in [-0.1, -0.05) is 6.07 Å². The molecule has 3 N–H and O–H groups in total. The summed E-state index contributed by atoms with van der Waals surface area (Å²) < 4.78 is 65.2. The third-order valence-corrected chi connectivity index (χ3v) is 3.84. The van der Waals surface area contributed by atoms with Gasteiger partial charge in [-0.15, -0.1) is 0 Å². The monoisotopic (exact) mass is 302 g/mol. The van der Waals surface area contributed by atoms with Gasteiger partial charge in [-0.3, -0.25) is 4.72 Å². The maximum atomic E-state index is 13.4. The summed E-state index contributed by atoms with van der Waals surface area (Å²) in [5.41, 5.74) is 4.35. The van der Waals surface area contributed by atoms with Gasteiger partial charge < -0.3 is 5.73 Å². The van der Waals surface area contributed by atoms with Gasteiger partial charge in [0.2, 0.25) is 0 Å². The van der Waals surface area contributed by atoms with Crippen LogP contribution in [-0.4, -0.2) is 8.42 Å². The highest BCUT2D eigenvalue weighted by atomic mass is 32.2. The minimum Gasteiger partial charge on any atom is -0.396 e. The summed E-state index contributed by atoms with van der Waals surface area (Å²) in [6, 6.07) is 5.77. The molecule has 0 saturated heterocycles. The molecule has 0 atom stereocenters. The zero-order valence-electron chi connectivity index (χ0n) is 9.90. The van der Waals surface area contributed by atoms with E-state index >= 15 is 0 Å². The van der Waals surface area contributed by atoms with E-state index in [1.165, 1.54) is 0 Å². The average Bonchev–Trinajstić information content (AvgIpc) is 2.38. The number of benzene rings is 2. The molecule has 0 aromatic heterocycles. The summed E-state index contributed by atoms with van der Waals surface area (Å²) in [5.74, 6) is -3.30. The Hall–Kier alpha value is -2.22. The first-order chi connectivity index (χ1) is 9.31. The molecule has 20 heavy (non-hydrogen) atoms. The minimum atomic E-state index is -4.20. The molecule has 106 valence electrons. The molecule has 0 spiro atoms. The molecule has 0 unspecified atom stereocenters. The SMILES string of the molecule is Nc1cc(S(=O)(=O)Nc2cccc(F)c2F)ccc1F. The minimum absolute atomic E-state index is 0.361. The van der Waals surface area contributed by atoms with Crippen molar-refractivity contribution in [2.75, 3.05) is 10.5 Å². The average molecular weight is 302 g/mol. The first-order valence-corrected chi connectivity index (χ1v) is 6.81. The summed E-state index contributed by atoms with van der Waals surface area (Å²) >= 11 is 0. The summed E-state index contributed by atoms with van der Waals surface area (Å²) in [5, 5.41) is 0. The van der Waals surface area contributed by atoms with Crippen LogP contribution in [0.4, 0.5) is 24.5 Å². The van der Waals surface area contributed by atoms with Gasteiger partial charge in [0.15, 0.2) is 11.6 Å². The fourth-order valence-electron chi connectivity index (χ4n) is 1.48. The predicted octanol–water partition coefficient (Wildman–Crippen LogP) is 2.49. The smallest absolute Gasteiger partial charge is 0.262 e. The molecule has 4 nitrogen and oxygen atoms in total. The zero-order chi connectivity index (χ0) is 14.9. The van der Waals surface area contributed by atoms with E-state index in [4.69, 9.17) is 5.73 Å². The number of halogens is 3. The quantitative estimate of drug-likeness (QED) is 0.856. The maximum Gasteiger partial charge on any atom is 0.262 e. The van der Waals surface area contributed by atoms with Gasteiger partial charge in [0.05, 0.1) is 16.3 Å². The van der Waals surface area contributed by atoms with Gasteiger partial charge in [0.25, 0.3) is 10.0 Å². The van der Waals surface area contributed by atoms with E-state index in [9.17, 15) is 21.6 Å². The van der Waals surface area contributed by atoms with Crippen LogP contribution in [-0.2, 0) is 10.0 Å². The lowest BCUT2D eigenvalue weighted by atomic mass is 10.3. The van der Waals surface area contributed by atoms with Crippen LogP contribution >= 0.6 is 0 Å². The topological polar surface area (TPSA) is 72.2 Å². The molecule has 2 aromatic carbocycles. The van der Waals surface area contributed by atoms with Crippen LogP contribution in [0.5, 0.6) is 0 Å². The molecule has 0 aliphatic heterocycles. The molecule has 0 fully saturated rings. The van der Waals surface area contributed by atoms with Gasteiger partial charge in [-0.05, 0) is 30.3 Å². The van der Waals surface area contributed by atoms with E-state index in [1.54, 1.807) is 0 Å². The second-order valence-electron chi connectivity index (χ2n) is 3.89. The van der Waals surface area contributed by atoms with Crippen LogP contribution in [0.3, 0.4) is 0 Å². The van der Waals surface area contributed by atoms with E-state index in [1.807, 2.05) is 4.72 Å². The summed E-state index contributed by atoms with van der Waals surface area (Å²) in [6.45, 7) is 0. The Bertz CT molecular complexity index is 763. The fourth-order valence-corrected chi connectivity index (χ4v) is 2.57. The molecule has 0 radical (unpaired) electrons. The van der Waals surface area contributed by atoms with Crippen LogP contribution in [0.15, 0.2) is 41.3 Å². The third kappa shape index (κ3) is 2.69. The molecule has 0 saturated carbocycles. The lowest BCUT2D eigenvalue weighted by Gasteiger charge is -2.09. The van der Waals surface area contributed by atoms with Crippen molar-refractivity contribution in [3.63, 3.8) is 0 Å². The lowest BCUT2D eigenvalue weighted by Crippen LogP contribution is -2.15. The van der Waals surface area contributed by atoms with Crippen molar-refractivity contribution in [1.82, 2.24) is 0 Å². The number of sulfonamides is 1.